The van der Waals surface area contributed by atoms with Gasteiger partial charge < -0.3 is 29.2 Å². The van der Waals surface area contributed by atoms with Crippen molar-refractivity contribution in [2.45, 2.75) is 95.5 Å². The van der Waals surface area contributed by atoms with Crippen LogP contribution in [0, 0.1) is 5.92 Å². The Balaban J connectivity index is 1.18. The molecule has 1 aliphatic heterocycles. The van der Waals surface area contributed by atoms with E-state index in [1.165, 1.54) is 11.3 Å². The number of likely N-dealkylation sites (tertiary alicyclic amines) is 1. The van der Waals surface area contributed by atoms with E-state index in [0.29, 0.717) is 38.0 Å². The number of hydrogen-bond donors (Lipinski definition) is 2. The molecule has 2 atom stereocenters. The Kier molecular flexibility index (Phi) is 8.85. The van der Waals surface area contributed by atoms with Gasteiger partial charge in [-0.15, -0.1) is 0 Å². The molecule has 2 aromatic heterocycles. The van der Waals surface area contributed by atoms with E-state index in [1.54, 1.807) is 12.4 Å². The fourth-order valence-corrected chi connectivity index (χ4v) is 7.88. The van der Waals surface area contributed by atoms with Crippen LogP contribution in [0.25, 0.3) is 21.3 Å². The lowest BCUT2D eigenvalue weighted by molar-refractivity contribution is -0.117. The minimum absolute atomic E-state index is 0.00248. The molecule has 46 heavy (non-hydrogen) atoms. The second kappa shape index (κ2) is 12.4. The lowest BCUT2D eigenvalue weighted by Crippen LogP contribution is -2.63. The summed E-state index contributed by atoms with van der Waals surface area (Å²) in [6, 6.07) is 3.64. The van der Waals surface area contributed by atoms with Crippen molar-refractivity contribution in [1.29, 1.82) is 0 Å². The third-order valence-corrected chi connectivity index (χ3v) is 15.0. The highest BCUT2D eigenvalue weighted by Gasteiger charge is 2.47. The monoisotopic (exact) mass is 671 g/mol. The number of aromatic nitrogens is 3. The minimum Gasteiger partial charge on any atom is -0.488 e. The summed E-state index contributed by atoms with van der Waals surface area (Å²) in [7, 11) is -1.92. The third kappa shape index (κ3) is 7.04. The number of nitrogens with one attached hydrogen (secondary N) is 1. The molecule has 3 aliphatic rings. The molecule has 2 N–H and O–H groups in total. The van der Waals surface area contributed by atoms with Gasteiger partial charge >= 0.3 is 6.09 Å². The van der Waals surface area contributed by atoms with Crippen LogP contribution in [0.3, 0.4) is 0 Å². The molecule has 2 amide bonds. The fraction of sp³-hybridized carbons (Fsp3) is 0.594. The van der Waals surface area contributed by atoms with Crippen molar-refractivity contribution in [3.63, 3.8) is 0 Å². The third-order valence-electron chi connectivity index (χ3n) is 9.47. The zero-order chi connectivity index (χ0) is 32.9. The van der Waals surface area contributed by atoms with Gasteiger partial charge in [-0.3, -0.25) is 4.79 Å². The Hall–Kier alpha value is -3.20. The van der Waals surface area contributed by atoms with Gasteiger partial charge in [0.2, 0.25) is 5.91 Å². The number of amides is 2. The normalized spacial score (nSPS) is 21.3. The van der Waals surface area contributed by atoms with E-state index in [4.69, 9.17) is 19.0 Å². The van der Waals surface area contributed by atoms with Crippen LogP contribution in [0.15, 0.2) is 24.5 Å². The van der Waals surface area contributed by atoms with Crippen LogP contribution in [-0.2, 0) is 20.6 Å². The Labute approximate surface area is 273 Å². The van der Waals surface area contributed by atoms with Crippen molar-refractivity contribution in [2.24, 2.45) is 5.92 Å². The van der Waals surface area contributed by atoms with Crippen LogP contribution < -0.4 is 10.1 Å². The van der Waals surface area contributed by atoms with Crippen molar-refractivity contribution in [3.05, 3.63) is 30.4 Å². The highest BCUT2D eigenvalue weighted by molar-refractivity contribution is 7.22. The number of carbonyl (C=O) groups is 2. The summed E-state index contributed by atoms with van der Waals surface area (Å²) in [4.78, 5) is 38.3. The Morgan fingerprint density at radius 2 is 1.83 bits per heavy atom. The number of anilines is 1. The second-order valence-electron chi connectivity index (χ2n) is 14.2. The van der Waals surface area contributed by atoms with E-state index in [1.807, 2.05) is 12.1 Å². The highest BCUT2D eigenvalue weighted by Crippen LogP contribution is 2.43. The number of thiazole rings is 1. The molecular weight excluding hydrogens is 630 g/mol. The average molecular weight is 672 g/mol. The summed E-state index contributed by atoms with van der Waals surface area (Å²) < 4.78 is 35.0. The van der Waals surface area contributed by atoms with E-state index >= 15 is 4.39 Å². The maximum absolute atomic E-state index is 15.3. The topological polar surface area (TPSA) is 136 Å². The van der Waals surface area contributed by atoms with Gasteiger partial charge in [-0.1, -0.05) is 32.1 Å². The number of ether oxygens (including phenoxy) is 2. The molecule has 11 nitrogen and oxygen atoms in total. The Morgan fingerprint density at radius 3 is 2.48 bits per heavy atom. The largest absolute Gasteiger partial charge is 0.488 e. The predicted molar refractivity (Wildman–Crippen MR) is 175 cm³/mol. The SMILES string of the molecule is CC(C)(C)[Si](C)(C)O[C@H]1CCC[C@@H]1OCc1ncc(-c2ccc3nc(NC(=O)C4CC4)sc3c2OCC2(F)CN(C(=O)O)C2)cn1. The van der Waals surface area contributed by atoms with E-state index in [-0.39, 0.29) is 55.4 Å². The zero-order valence-electron chi connectivity index (χ0n) is 27.0. The molecule has 0 bridgehead atoms. The average Bonchev–Trinajstić information content (AvgIpc) is 3.62. The van der Waals surface area contributed by atoms with Gasteiger partial charge in [-0.05, 0) is 62.4 Å². The van der Waals surface area contributed by atoms with Crippen molar-refractivity contribution < 1.29 is 33.0 Å². The molecule has 0 spiro atoms. The van der Waals surface area contributed by atoms with Crippen molar-refractivity contribution in [3.8, 4) is 16.9 Å². The lowest BCUT2D eigenvalue weighted by Gasteiger charge is -2.42. The Morgan fingerprint density at radius 1 is 1.13 bits per heavy atom. The van der Waals surface area contributed by atoms with Crippen LogP contribution in [-0.4, -0.2) is 82.8 Å². The highest BCUT2D eigenvalue weighted by atomic mass is 32.1. The minimum atomic E-state index is -1.92. The molecule has 3 fully saturated rings. The number of fused-ring (bicyclic) bond motifs is 1. The van der Waals surface area contributed by atoms with Crippen molar-refractivity contribution in [2.75, 3.05) is 25.0 Å². The summed E-state index contributed by atoms with van der Waals surface area (Å²) in [5, 5.41) is 12.6. The van der Waals surface area contributed by atoms with Gasteiger partial charge in [0.15, 0.2) is 24.9 Å². The van der Waals surface area contributed by atoms with Crippen LogP contribution in [0.5, 0.6) is 5.75 Å². The van der Waals surface area contributed by atoms with Gasteiger partial charge in [0, 0.05) is 29.4 Å². The van der Waals surface area contributed by atoms with E-state index in [9.17, 15) is 9.59 Å². The maximum atomic E-state index is 15.3. The molecule has 1 saturated heterocycles. The Bertz CT molecular complexity index is 1600. The van der Waals surface area contributed by atoms with Gasteiger partial charge in [0.05, 0.1) is 35.5 Å². The number of alkyl halides is 1. The first-order valence-corrected chi connectivity index (χ1v) is 19.6. The summed E-state index contributed by atoms with van der Waals surface area (Å²) in [6.45, 7) is 10.6. The number of carboxylic acid groups (broad SMARTS) is 1. The molecule has 14 heteroatoms. The molecule has 3 aromatic rings. The smallest absolute Gasteiger partial charge is 0.407 e. The molecule has 0 radical (unpaired) electrons. The first-order chi connectivity index (χ1) is 21.7. The zero-order valence-corrected chi connectivity index (χ0v) is 28.8. The van der Waals surface area contributed by atoms with E-state index < -0.39 is 20.1 Å². The van der Waals surface area contributed by atoms with Crippen LogP contribution >= 0.6 is 11.3 Å². The molecule has 1 aromatic carbocycles. The number of nitrogens with zero attached hydrogens (tertiary/aromatic N) is 4. The van der Waals surface area contributed by atoms with Crippen LogP contribution in [0.1, 0.15) is 58.7 Å². The lowest BCUT2D eigenvalue weighted by atomic mass is 9.98. The first kappa shape index (κ1) is 32.7. The number of halogens is 1. The second-order valence-corrected chi connectivity index (χ2v) is 20.0. The molecule has 2 aliphatic carbocycles. The van der Waals surface area contributed by atoms with Crippen molar-refractivity contribution >= 4 is 47.0 Å². The molecule has 2 saturated carbocycles. The van der Waals surface area contributed by atoms with Gasteiger partial charge in [-0.25, -0.2) is 24.1 Å². The first-order valence-electron chi connectivity index (χ1n) is 15.9. The van der Waals surface area contributed by atoms with E-state index in [2.05, 4.69) is 54.1 Å². The summed E-state index contributed by atoms with van der Waals surface area (Å²) >= 11 is 1.25. The molecule has 6 rings (SSSR count). The standard InChI is InChI=1S/C32H42FN5O6SSi/c1-31(2,3)46(4,5)44-24-8-6-7-23(24)42-15-25-34-13-20(14-35-25)21-11-12-22-27(45-29(36-22)37-28(39)19-9-10-19)26(21)43-18-32(33)16-38(17-32)30(40)41/h11-14,19,23-24H,6-10,15-18H2,1-5H3,(H,40,41)(H,36,37,39)/t23-,24-/m0/s1. The summed E-state index contributed by atoms with van der Waals surface area (Å²) in [5.74, 6) is 0.884. The maximum Gasteiger partial charge on any atom is 0.407 e. The molecule has 248 valence electrons. The number of rotatable bonds is 11. The fourth-order valence-electron chi connectivity index (χ4n) is 5.53. The molecule has 3 heterocycles. The quantitative estimate of drug-likeness (QED) is 0.215. The van der Waals surface area contributed by atoms with Crippen LogP contribution in [0.4, 0.5) is 14.3 Å². The molecular formula is C32H42FN5O6SSi. The van der Waals surface area contributed by atoms with Gasteiger partial charge in [0.1, 0.15) is 19.0 Å². The summed E-state index contributed by atoms with van der Waals surface area (Å²) in [6.07, 6.45) is 7.01. The summed E-state index contributed by atoms with van der Waals surface area (Å²) in [5.41, 5.74) is 0.0856. The van der Waals surface area contributed by atoms with Crippen LogP contribution in [0.2, 0.25) is 18.1 Å². The molecule has 0 unspecified atom stereocenters. The predicted octanol–water partition coefficient (Wildman–Crippen LogP) is 6.64. The van der Waals surface area contributed by atoms with E-state index in [0.717, 1.165) is 37.0 Å². The number of benzene rings is 1. The number of carbonyl (C=O) groups excluding carboxylic acids is 1. The number of hydrogen-bond acceptors (Lipinski definition) is 9. The van der Waals surface area contributed by atoms with Crippen molar-refractivity contribution in [1.82, 2.24) is 19.9 Å². The van der Waals surface area contributed by atoms with Gasteiger partial charge in [0.25, 0.3) is 0 Å². The van der Waals surface area contributed by atoms with Gasteiger partial charge in [-0.2, -0.15) is 0 Å².